The van der Waals surface area contributed by atoms with Crippen LogP contribution in [0.15, 0.2) is 42.5 Å². The lowest BCUT2D eigenvalue weighted by molar-refractivity contribution is 0.0535. The van der Waals surface area contributed by atoms with Crippen LogP contribution in [0.1, 0.15) is 31.8 Å². The van der Waals surface area contributed by atoms with Gasteiger partial charge in [-0.25, -0.2) is 0 Å². The SMILES string of the molecule is Cc1ccc(C(=O)N2CCN(C(=O)c3ccccc3I)CC2)cc1C. The molecule has 2 aromatic rings. The molecule has 4 nitrogen and oxygen atoms in total. The summed E-state index contributed by atoms with van der Waals surface area (Å²) in [6.45, 7) is 6.34. The van der Waals surface area contributed by atoms with Crippen molar-refractivity contribution in [3.8, 4) is 0 Å². The minimum Gasteiger partial charge on any atom is -0.335 e. The van der Waals surface area contributed by atoms with E-state index in [-0.39, 0.29) is 11.8 Å². The van der Waals surface area contributed by atoms with Crippen molar-refractivity contribution < 1.29 is 9.59 Å². The smallest absolute Gasteiger partial charge is 0.255 e. The molecule has 5 heteroatoms. The van der Waals surface area contributed by atoms with E-state index in [1.54, 1.807) is 0 Å². The second-order valence-electron chi connectivity index (χ2n) is 6.36. The van der Waals surface area contributed by atoms with Gasteiger partial charge in [-0.1, -0.05) is 18.2 Å². The third-order valence-corrected chi connectivity index (χ3v) is 5.65. The van der Waals surface area contributed by atoms with Crippen LogP contribution in [0.4, 0.5) is 0 Å². The first-order valence-corrected chi connectivity index (χ1v) is 9.45. The number of piperazine rings is 1. The first kappa shape index (κ1) is 17.9. The highest BCUT2D eigenvalue weighted by atomic mass is 127. The van der Waals surface area contributed by atoms with E-state index in [4.69, 9.17) is 0 Å². The molecule has 0 atom stereocenters. The Morgan fingerprint density at radius 3 is 2.04 bits per heavy atom. The van der Waals surface area contributed by atoms with Gasteiger partial charge in [0, 0.05) is 35.3 Å². The quantitative estimate of drug-likeness (QED) is 0.660. The largest absolute Gasteiger partial charge is 0.335 e. The van der Waals surface area contributed by atoms with Gasteiger partial charge in [-0.2, -0.15) is 0 Å². The number of carbonyl (C=O) groups excluding carboxylic acids is 2. The van der Waals surface area contributed by atoms with Gasteiger partial charge in [0.15, 0.2) is 0 Å². The summed E-state index contributed by atoms with van der Waals surface area (Å²) in [6.07, 6.45) is 0. The molecular formula is C20H21IN2O2. The molecule has 3 rings (SSSR count). The monoisotopic (exact) mass is 448 g/mol. The molecule has 1 saturated heterocycles. The highest BCUT2D eigenvalue weighted by Gasteiger charge is 2.26. The lowest BCUT2D eigenvalue weighted by atomic mass is 10.1. The molecule has 0 aliphatic carbocycles. The molecule has 2 amide bonds. The second kappa shape index (κ2) is 7.56. The standard InChI is InChI=1S/C20H21IN2O2/c1-14-7-8-16(13-15(14)2)19(24)22-9-11-23(12-10-22)20(25)17-5-3-4-6-18(17)21/h3-8,13H,9-12H2,1-2H3. The van der Waals surface area contributed by atoms with Crippen molar-refractivity contribution in [3.05, 3.63) is 68.3 Å². The van der Waals surface area contributed by atoms with E-state index >= 15 is 0 Å². The van der Waals surface area contributed by atoms with Crippen LogP contribution in [0.25, 0.3) is 0 Å². The molecule has 0 unspecified atom stereocenters. The Labute approximate surface area is 162 Å². The van der Waals surface area contributed by atoms with Gasteiger partial charge in [0.25, 0.3) is 11.8 Å². The maximum Gasteiger partial charge on any atom is 0.255 e. The molecule has 1 aliphatic rings. The molecule has 1 aliphatic heterocycles. The number of amides is 2. The van der Waals surface area contributed by atoms with Gasteiger partial charge >= 0.3 is 0 Å². The molecule has 0 N–H and O–H groups in total. The van der Waals surface area contributed by atoms with E-state index in [1.807, 2.05) is 66.1 Å². The predicted molar refractivity (Wildman–Crippen MR) is 107 cm³/mol. The number of carbonyl (C=O) groups is 2. The maximum atomic E-state index is 12.7. The fourth-order valence-corrected chi connectivity index (χ4v) is 3.59. The van der Waals surface area contributed by atoms with Crippen molar-refractivity contribution in [3.63, 3.8) is 0 Å². The summed E-state index contributed by atoms with van der Waals surface area (Å²) in [4.78, 5) is 29.0. The third-order valence-electron chi connectivity index (χ3n) is 4.71. The molecular weight excluding hydrogens is 427 g/mol. The molecule has 25 heavy (non-hydrogen) atoms. The maximum absolute atomic E-state index is 12.7. The average molecular weight is 448 g/mol. The van der Waals surface area contributed by atoms with Gasteiger partial charge in [-0.15, -0.1) is 0 Å². The minimum atomic E-state index is 0.0447. The lowest BCUT2D eigenvalue weighted by Crippen LogP contribution is -2.50. The number of hydrogen-bond acceptors (Lipinski definition) is 2. The normalized spacial score (nSPS) is 14.5. The van der Waals surface area contributed by atoms with E-state index in [0.29, 0.717) is 26.2 Å². The summed E-state index contributed by atoms with van der Waals surface area (Å²) in [5.74, 6) is 0.0905. The van der Waals surface area contributed by atoms with Crippen LogP contribution in [-0.4, -0.2) is 47.8 Å². The summed E-state index contributed by atoms with van der Waals surface area (Å²) in [6, 6.07) is 13.4. The van der Waals surface area contributed by atoms with Gasteiger partial charge in [0.2, 0.25) is 0 Å². The zero-order chi connectivity index (χ0) is 18.0. The molecule has 130 valence electrons. The molecule has 0 saturated carbocycles. The Bertz CT molecular complexity index is 811. The highest BCUT2D eigenvalue weighted by Crippen LogP contribution is 2.17. The van der Waals surface area contributed by atoms with Crippen molar-refractivity contribution in [1.82, 2.24) is 9.80 Å². The van der Waals surface area contributed by atoms with E-state index < -0.39 is 0 Å². The second-order valence-corrected chi connectivity index (χ2v) is 7.53. The molecule has 0 spiro atoms. The number of benzene rings is 2. The number of rotatable bonds is 2. The highest BCUT2D eigenvalue weighted by molar-refractivity contribution is 14.1. The zero-order valence-corrected chi connectivity index (χ0v) is 16.6. The molecule has 0 radical (unpaired) electrons. The minimum absolute atomic E-state index is 0.0447. The van der Waals surface area contributed by atoms with Crippen LogP contribution in [0, 0.1) is 17.4 Å². The van der Waals surface area contributed by atoms with Gasteiger partial charge < -0.3 is 9.80 Å². The Morgan fingerprint density at radius 2 is 1.44 bits per heavy atom. The Morgan fingerprint density at radius 1 is 0.840 bits per heavy atom. The van der Waals surface area contributed by atoms with Gasteiger partial charge in [0.05, 0.1) is 5.56 Å². The van der Waals surface area contributed by atoms with E-state index in [2.05, 4.69) is 22.6 Å². The summed E-state index contributed by atoms with van der Waals surface area (Å²) < 4.78 is 0.957. The van der Waals surface area contributed by atoms with Crippen LogP contribution >= 0.6 is 22.6 Å². The summed E-state index contributed by atoms with van der Waals surface area (Å²) in [5.41, 5.74) is 3.76. The van der Waals surface area contributed by atoms with Crippen molar-refractivity contribution in [2.75, 3.05) is 26.2 Å². The first-order chi connectivity index (χ1) is 12.0. The number of hydrogen-bond donors (Lipinski definition) is 0. The van der Waals surface area contributed by atoms with E-state index in [1.165, 1.54) is 5.56 Å². The predicted octanol–water partition coefficient (Wildman–Crippen LogP) is 3.51. The van der Waals surface area contributed by atoms with Gasteiger partial charge in [0.1, 0.15) is 0 Å². The fourth-order valence-electron chi connectivity index (χ4n) is 2.97. The Kier molecular flexibility index (Phi) is 5.42. The Balaban J connectivity index is 1.65. The average Bonchev–Trinajstić information content (AvgIpc) is 2.63. The van der Waals surface area contributed by atoms with Gasteiger partial charge in [-0.3, -0.25) is 9.59 Å². The van der Waals surface area contributed by atoms with Crippen molar-refractivity contribution in [2.45, 2.75) is 13.8 Å². The molecule has 0 bridgehead atoms. The van der Waals surface area contributed by atoms with Crippen molar-refractivity contribution in [1.29, 1.82) is 0 Å². The number of aryl methyl sites for hydroxylation is 2. The van der Waals surface area contributed by atoms with Crippen LogP contribution in [0.5, 0.6) is 0 Å². The molecule has 1 fully saturated rings. The summed E-state index contributed by atoms with van der Waals surface area (Å²) in [5, 5.41) is 0. The van der Waals surface area contributed by atoms with Crippen LogP contribution in [-0.2, 0) is 0 Å². The third kappa shape index (κ3) is 3.86. The van der Waals surface area contributed by atoms with Crippen LogP contribution in [0.2, 0.25) is 0 Å². The van der Waals surface area contributed by atoms with Gasteiger partial charge in [-0.05, 0) is 71.8 Å². The molecule has 2 aromatic carbocycles. The Hall–Kier alpha value is -1.89. The van der Waals surface area contributed by atoms with E-state index in [9.17, 15) is 9.59 Å². The topological polar surface area (TPSA) is 40.6 Å². The molecule has 0 aromatic heterocycles. The fraction of sp³-hybridized carbons (Fsp3) is 0.300. The van der Waals surface area contributed by atoms with Crippen LogP contribution < -0.4 is 0 Å². The van der Waals surface area contributed by atoms with Crippen molar-refractivity contribution >= 4 is 34.4 Å². The lowest BCUT2D eigenvalue weighted by Gasteiger charge is -2.35. The zero-order valence-electron chi connectivity index (χ0n) is 14.5. The van der Waals surface area contributed by atoms with E-state index in [0.717, 1.165) is 20.3 Å². The number of halogens is 1. The molecule has 1 heterocycles. The van der Waals surface area contributed by atoms with Crippen LogP contribution in [0.3, 0.4) is 0 Å². The summed E-state index contributed by atoms with van der Waals surface area (Å²) in [7, 11) is 0. The summed E-state index contributed by atoms with van der Waals surface area (Å²) >= 11 is 2.19. The van der Waals surface area contributed by atoms with Crippen molar-refractivity contribution in [2.24, 2.45) is 0 Å². The first-order valence-electron chi connectivity index (χ1n) is 8.37. The number of nitrogens with zero attached hydrogens (tertiary/aromatic N) is 2.